The number of carbonyl (C=O) groups excluding carboxylic acids is 2. The van der Waals surface area contributed by atoms with Crippen molar-refractivity contribution in [2.75, 3.05) is 19.9 Å². The number of amides is 2. The van der Waals surface area contributed by atoms with E-state index in [1.807, 2.05) is 54.6 Å². The van der Waals surface area contributed by atoms with Crippen molar-refractivity contribution in [2.24, 2.45) is 0 Å². The van der Waals surface area contributed by atoms with Gasteiger partial charge in [-0.3, -0.25) is 9.59 Å². The van der Waals surface area contributed by atoms with Crippen molar-refractivity contribution in [3.63, 3.8) is 0 Å². The smallest absolute Gasteiger partial charge is 0.242 e. The van der Waals surface area contributed by atoms with Gasteiger partial charge in [-0.1, -0.05) is 30.3 Å². The molecule has 1 atom stereocenters. The fourth-order valence-corrected chi connectivity index (χ4v) is 3.27. The van der Waals surface area contributed by atoms with Gasteiger partial charge in [0.1, 0.15) is 11.8 Å². The first-order chi connectivity index (χ1) is 12.5. The van der Waals surface area contributed by atoms with Crippen molar-refractivity contribution >= 4 is 23.6 Å². The third-order valence-electron chi connectivity index (χ3n) is 4.03. The van der Waals surface area contributed by atoms with Crippen molar-refractivity contribution in [1.29, 1.82) is 0 Å². The van der Waals surface area contributed by atoms with E-state index in [1.165, 1.54) is 11.8 Å². The molecule has 5 nitrogen and oxygen atoms in total. The van der Waals surface area contributed by atoms with E-state index in [4.69, 9.17) is 4.74 Å². The number of carbonyl (C=O) groups is 2. The zero-order valence-electron chi connectivity index (χ0n) is 15.3. The molecule has 26 heavy (non-hydrogen) atoms. The largest absolute Gasteiger partial charge is 0.497 e. The molecule has 0 aliphatic rings. The van der Waals surface area contributed by atoms with Gasteiger partial charge in [0.25, 0.3) is 0 Å². The number of ether oxygens (including phenoxy) is 1. The third kappa shape index (κ3) is 5.52. The minimum Gasteiger partial charge on any atom is -0.497 e. The van der Waals surface area contributed by atoms with E-state index in [2.05, 4.69) is 5.32 Å². The molecule has 2 rings (SSSR count). The highest BCUT2D eigenvalue weighted by atomic mass is 32.2. The number of nitrogens with zero attached hydrogens (tertiary/aromatic N) is 1. The summed E-state index contributed by atoms with van der Waals surface area (Å²) in [5.74, 6) is 0.773. The molecule has 0 saturated carbocycles. The van der Waals surface area contributed by atoms with Gasteiger partial charge in [0, 0.05) is 18.5 Å². The summed E-state index contributed by atoms with van der Waals surface area (Å²) in [6.45, 7) is 2.11. The van der Waals surface area contributed by atoms with E-state index in [-0.39, 0.29) is 17.6 Å². The Morgan fingerprint density at radius 2 is 1.77 bits per heavy atom. The van der Waals surface area contributed by atoms with Crippen molar-refractivity contribution in [2.45, 2.75) is 24.4 Å². The number of likely N-dealkylation sites (N-methyl/N-ethyl adjacent to an activating group) is 1. The maximum absolute atomic E-state index is 12.8. The molecule has 0 bridgehead atoms. The highest BCUT2D eigenvalue weighted by Gasteiger charge is 2.25. The second-order valence-corrected chi connectivity index (χ2v) is 6.81. The van der Waals surface area contributed by atoms with Gasteiger partial charge in [-0.15, -0.1) is 11.8 Å². The third-order valence-corrected chi connectivity index (χ3v) is 5.03. The summed E-state index contributed by atoms with van der Waals surface area (Å²) in [7, 11) is 3.19. The first kappa shape index (κ1) is 19.8. The van der Waals surface area contributed by atoms with E-state index in [9.17, 15) is 9.59 Å². The summed E-state index contributed by atoms with van der Waals surface area (Å²) in [6.07, 6.45) is 0. The molecule has 1 unspecified atom stereocenters. The number of benzene rings is 2. The van der Waals surface area contributed by atoms with Gasteiger partial charge in [-0.25, -0.2) is 0 Å². The molecule has 0 saturated heterocycles. The van der Waals surface area contributed by atoms with E-state index in [0.717, 1.165) is 16.2 Å². The van der Waals surface area contributed by atoms with Crippen LogP contribution in [0.15, 0.2) is 59.5 Å². The minimum atomic E-state index is -0.550. The molecule has 2 amide bonds. The zero-order chi connectivity index (χ0) is 18.9. The number of thioether (sulfide) groups is 1. The van der Waals surface area contributed by atoms with Crippen LogP contribution in [0.2, 0.25) is 0 Å². The summed E-state index contributed by atoms with van der Waals surface area (Å²) >= 11 is 1.47. The Labute approximate surface area is 158 Å². The molecule has 0 aromatic heterocycles. The second kappa shape index (κ2) is 9.87. The van der Waals surface area contributed by atoms with Crippen molar-refractivity contribution in [3.8, 4) is 5.75 Å². The average Bonchev–Trinajstić information content (AvgIpc) is 2.70. The molecule has 0 fully saturated rings. The summed E-state index contributed by atoms with van der Waals surface area (Å²) in [6, 6.07) is 16.7. The normalized spacial score (nSPS) is 11.5. The van der Waals surface area contributed by atoms with Crippen LogP contribution in [0.1, 0.15) is 12.5 Å². The average molecular weight is 372 g/mol. The van der Waals surface area contributed by atoms with Gasteiger partial charge in [0.05, 0.1) is 12.9 Å². The lowest BCUT2D eigenvalue weighted by atomic mass is 10.1. The molecule has 138 valence electrons. The Hall–Kier alpha value is -2.47. The topological polar surface area (TPSA) is 58.6 Å². The van der Waals surface area contributed by atoms with Crippen LogP contribution >= 0.6 is 11.8 Å². The van der Waals surface area contributed by atoms with Crippen molar-refractivity contribution in [1.82, 2.24) is 10.2 Å². The first-order valence-corrected chi connectivity index (χ1v) is 9.35. The van der Waals surface area contributed by atoms with E-state index >= 15 is 0 Å². The van der Waals surface area contributed by atoms with Gasteiger partial charge in [0.2, 0.25) is 11.8 Å². The van der Waals surface area contributed by atoms with Gasteiger partial charge in [-0.05, 0) is 36.8 Å². The van der Waals surface area contributed by atoms with Crippen LogP contribution in [0.4, 0.5) is 0 Å². The van der Waals surface area contributed by atoms with Crippen molar-refractivity contribution in [3.05, 3.63) is 60.2 Å². The highest BCUT2D eigenvalue weighted by molar-refractivity contribution is 8.00. The first-order valence-electron chi connectivity index (χ1n) is 8.37. The van der Waals surface area contributed by atoms with Gasteiger partial charge >= 0.3 is 0 Å². The molecule has 0 heterocycles. The summed E-state index contributed by atoms with van der Waals surface area (Å²) < 4.78 is 5.16. The van der Waals surface area contributed by atoms with E-state index < -0.39 is 6.04 Å². The predicted octanol–water partition coefficient (Wildman–Crippen LogP) is 2.95. The number of nitrogens with one attached hydrogen (secondary N) is 1. The van der Waals surface area contributed by atoms with Crippen LogP contribution in [0.25, 0.3) is 0 Å². The fourth-order valence-electron chi connectivity index (χ4n) is 2.46. The molecule has 2 aromatic carbocycles. The SMILES string of the molecule is CNC(=O)C(C)N(Cc1ccc(OC)cc1)C(=O)CSc1ccccc1. The molecular formula is C20H24N2O3S. The molecule has 0 radical (unpaired) electrons. The van der Waals surface area contributed by atoms with Gasteiger partial charge in [0.15, 0.2) is 0 Å². The zero-order valence-corrected chi connectivity index (χ0v) is 16.1. The van der Waals surface area contributed by atoms with Gasteiger partial charge < -0.3 is 15.0 Å². The maximum Gasteiger partial charge on any atom is 0.242 e. The standard InChI is InChI=1S/C20H24N2O3S/c1-15(20(24)21-2)22(13-16-9-11-17(25-3)12-10-16)19(23)14-26-18-7-5-4-6-8-18/h4-12,15H,13-14H2,1-3H3,(H,21,24). The maximum atomic E-state index is 12.8. The molecule has 6 heteroatoms. The quantitative estimate of drug-likeness (QED) is 0.724. The Balaban J connectivity index is 2.11. The summed E-state index contributed by atoms with van der Waals surface area (Å²) in [5, 5.41) is 2.62. The Kier molecular flexibility index (Phi) is 7.53. The minimum absolute atomic E-state index is 0.0780. The van der Waals surface area contributed by atoms with Crippen LogP contribution in [0.5, 0.6) is 5.75 Å². The molecule has 0 aliphatic heterocycles. The van der Waals surface area contributed by atoms with Crippen LogP contribution in [-0.4, -0.2) is 42.7 Å². The molecule has 1 N–H and O–H groups in total. The van der Waals surface area contributed by atoms with E-state index in [1.54, 1.807) is 26.0 Å². The summed E-state index contributed by atoms with van der Waals surface area (Å²) in [5.41, 5.74) is 0.944. The Morgan fingerprint density at radius 3 is 2.35 bits per heavy atom. The molecular weight excluding hydrogens is 348 g/mol. The second-order valence-electron chi connectivity index (χ2n) is 5.76. The monoisotopic (exact) mass is 372 g/mol. The highest BCUT2D eigenvalue weighted by Crippen LogP contribution is 2.20. The number of hydrogen-bond acceptors (Lipinski definition) is 4. The molecule has 0 spiro atoms. The van der Waals surface area contributed by atoms with Crippen LogP contribution in [-0.2, 0) is 16.1 Å². The molecule has 2 aromatic rings. The molecule has 0 aliphatic carbocycles. The fraction of sp³-hybridized carbons (Fsp3) is 0.300. The van der Waals surface area contributed by atoms with E-state index in [0.29, 0.717) is 6.54 Å². The lowest BCUT2D eigenvalue weighted by Crippen LogP contribution is -2.47. The Morgan fingerprint density at radius 1 is 1.12 bits per heavy atom. The number of hydrogen-bond donors (Lipinski definition) is 1. The predicted molar refractivity (Wildman–Crippen MR) is 104 cm³/mol. The Bertz CT molecular complexity index is 720. The van der Waals surface area contributed by atoms with Crippen molar-refractivity contribution < 1.29 is 14.3 Å². The number of methoxy groups -OCH3 is 1. The van der Waals surface area contributed by atoms with Crippen LogP contribution < -0.4 is 10.1 Å². The lowest BCUT2D eigenvalue weighted by molar-refractivity contribution is -0.138. The van der Waals surface area contributed by atoms with Crippen LogP contribution in [0, 0.1) is 0 Å². The van der Waals surface area contributed by atoms with Gasteiger partial charge in [-0.2, -0.15) is 0 Å². The lowest BCUT2D eigenvalue weighted by Gasteiger charge is -2.28. The number of rotatable bonds is 8. The summed E-state index contributed by atoms with van der Waals surface area (Å²) in [4.78, 5) is 27.5. The van der Waals surface area contributed by atoms with Crippen LogP contribution in [0.3, 0.4) is 0 Å².